The highest BCUT2D eigenvalue weighted by atomic mass is 19.4. The van der Waals surface area contributed by atoms with Crippen molar-refractivity contribution in [1.29, 1.82) is 5.26 Å². The van der Waals surface area contributed by atoms with Gasteiger partial charge in [-0.15, -0.1) is 0 Å². The Balaban J connectivity index is 1.55. The van der Waals surface area contributed by atoms with Crippen LogP contribution < -0.4 is 0 Å². The summed E-state index contributed by atoms with van der Waals surface area (Å²) in [4.78, 5) is 0. The number of aromatic nitrogens is 2. The lowest BCUT2D eigenvalue weighted by atomic mass is 9.86. The van der Waals surface area contributed by atoms with Gasteiger partial charge in [-0.3, -0.25) is 0 Å². The van der Waals surface area contributed by atoms with Crippen molar-refractivity contribution >= 4 is 43.6 Å². The Labute approximate surface area is 320 Å². The molecule has 6 aromatic carbocycles. The summed E-state index contributed by atoms with van der Waals surface area (Å²) in [7, 11) is 0. The second-order valence-corrected chi connectivity index (χ2v) is 16.5. The van der Waals surface area contributed by atoms with Gasteiger partial charge >= 0.3 is 12.4 Å². The van der Waals surface area contributed by atoms with Crippen molar-refractivity contribution in [2.75, 3.05) is 0 Å². The van der Waals surface area contributed by atoms with Gasteiger partial charge in [-0.05, 0) is 99.8 Å². The maximum absolute atomic E-state index is 14.3. The topological polar surface area (TPSA) is 33.6 Å². The van der Waals surface area contributed by atoms with Crippen LogP contribution in [0.2, 0.25) is 0 Å². The largest absolute Gasteiger partial charge is 0.416 e. The number of nitriles is 1. The van der Waals surface area contributed by atoms with Gasteiger partial charge in [0.25, 0.3) is 0 Å². The fourth-order valence-electron chi connectivity index (χ4n) is 7.77. The van der Waals surface area contributed by atoms with Crippen molar-refractivity contribution in [2.45, 2.75) is 64.7 Å². The molecular weight excluding hydrogens is 721 g/mol. The third kappa shape index (κ3) is 6.08. The van der Waals surface area contributed by atoms with E-state index in [4.69, 9.17) is 0 Å². The van der Waals surface area contributed by atoms with Crippen LogP contribution in [0.1, 0.15) is 69.4 Å². The van der Waals surface area contributed by atoms with Crippen LogP contribution >= 0.6 is 0 Å². The van der Waals surface area contributed by atoms with Gasteiger partial charge in [0.15, 0.2) is 0 Å². The average Bonchev–Trinajstić information content (AvgIpc) is 3.65. The lowest BCUT2D eigenvalue weighted by Crippen LogP contribution is -2.11. The maximum atomic E-state index is 14.3. The standard InChI is InChI=1S/C47H37F6N3/c1-44(2,3)29-15-17-40-35(24-29)33-11-7-9-13-38(33)55(40)42-21-28(27-19-31(46(48,49)50)23-32(20-27)47(51,52)53)22-43(37(42)26-54)56-39-14-10-8-12-34(39)36-25-30(45(4,5)6)16-18-41(36)56/h7-25H,1-6H3. The Bertz CT molecular complexity index is 2730. The summed E-state index contributed by atoms with van der Waals surface area (Å²) in [5, 5.41) is 14.7. The molecule has 282 valence electrons. The summed E-state index contributed by atoms with van der Waals surface area (Å²) < 4.78 is 89.5. The van der Waals surface area contributed by atoms with Crippen LogP contribution in [0.4, 0.5) is 26.3 Å². The van der Waals surface area contributed by atoms with Crippen molar-refractivity contribution in [2.24, 2.45) is 0 Å². The molecule has 0 fully saturated rings. The molecule has 8 rings (SSSR count). The highest BCUT2D eigenvalue weighted by Gasteiger charge is 2.37. The molecule has 9 heteroatoms. The maximum Gasteiger partial charge on any atom is 0.416 e. The fourth-order valence-corrected chi connectivity index (χ4v) is 7.77. The molecule has 0 radical (unpaired) electrons. The molecule has 3 nitrogen and oxygen atoms in total. The molecule has 0 spiro atoms. The van der Waals surface area contributed by atoms with Gasteiger partial charge in [0.2, 0.25) is 0 Å². The minimum atomic E-state index is -5.05. The van der Waals surface area contributed by atoms with Crippen molar-refractivity contribution in [3.63, 3.8) is 0 Å². The number of hydrogen-bond donors (Lipinski definition) is 0. The number of hydrogen-bond acceptors (Lipinski definition) is 1. The summed E-state index contributed by atoms with van der Waals surface area (Å²) >= 11 is 0. The van der Waals surface area contributed by atoms with E-state index in [1.165, 1.54) is 12.1 Å². The van der Waals surface area contributed by atoms with E-state index < -0.39 is 23.5 Å². The van der Waals surface area contributed by atoms with Gasteiger partial charge in [-0.2, -0.15) is 31.6 Å². The predicted molar refractivity (Wildman–Crippen MR) is 213 cm³/mol. The molecule has 0 unspecified atom stereocenters. The van der Waals surface area contributed by atoms with E-state index in [9.17, 15) is 31.6 Å². The summed E-state index contributed by atoms with van der Waals surface area (Å²) in [6.45, 7) is 12.7. The molecule has 0 saturated carbocycles. The molecule has 0 bridgehead atoms. The highest BCUT2D eigenvalue weighted by Crippen LogP contribution is 2.44. The Morgan fingerprint density at radius 2 is 0.804 bits per heavy atom. The van der Waals surface area contributed by atoms with Gasteiger partial charge in [-0.1, -0.05) is 90.1 Å². The second-order valence-electron chi connectivity index (χ2n) is 16.5. The number of fused-ring (bicyclic) bond motifs is 6. The average molecular weight is 758 g/mol. The van der Waals surface area contributed by atoms with E-state index in [1.54, 1.807) is 0 Å². The van der Waals surface area contributed by atoms with Crippen molar-refractivity contribution in [3.05, 3.63) is 143 Å². The van der Waals surface area contributed by atoms with E-state index in [1.807, 2.05) is 81.9 Å². The number of nitrogens with zero attached hydrogens (tertiary/aromatic N) is 3. The lowest BCUT2D eigenvalue weighted by molar-refractivity contribution is -0.143. The molecule has 0 saturated heterocycles. The molecule has 0 aliphatic heterocycles. The molecule has 0 atom stereocenters. The van der Waals surface area contributed by atoms with Gasteiger partial charge in [-0.25, -0.2) is 0 Å². The van der Waals surface area contributed by atoms with Crippen molar-refractivity contribution < 1.29 is 26.3 Å². The monoisotopic (exact) mass is 757 g/mol. The van der Waals surface area contributed by atoms with Gasteiger partial charge in [0.05, 0.1) is 44.6 Å². The first-order chi connectivity index (χ1) is 26.3. The Morgan fingerprint density at radius 1 is 0.429 bits per heavy atom. The zero-order valence-electron chi connectivity index (χ0n) is 31.6. The van der Waals surface area contributed by atoms with E-state index in [0.717, 1.165) is 66.9 Å². The number of halogens is 6. The lowest BCUT2D eigenvalue weighted by Gasteiger charge is -2.21. The predicted octanol–water partition coefficient (Wildman–Crippen LogP) is 14.1. The van der Waals surface area contributed by atoms with E-state index in [-0.39, 0.29) is 33.6 Å². The molecule has 56 heavy (non-hydrogen) atoms. The highest BCUT2D eigenvalue weighted by molar-refractivity contribution is 6.11. The third-order valence-electron chi connectivity index (χ3n) is 10.7. The number of para-hydroxylation sites is 2. The minimum Gasteiger partial charge on any atom is -0.308 e. The first-order valence-corrected chi connectivity index (χ1v) is 18.2. The van der Waals surface area contributed by atoms with Crippen molar-refractivity contribution in [3.8, 4) is 28.6 Å². The Morgan fingerprint density at radius 3 is 1.18 bits per heavy atom. The smallest absolute Gasteiger partial charge is 0.308 e. The molecule has 0 N–H and O–H groups in total. The normalized spacial score (nSPS) is 13.0. The molecule has 0 aliphatic carbocycles. The minimum absolute atomic E-state index is 0.0834. The Kier molecular flexibility index (Phi) is 8.25. The third-order valence-corrected chi connectivity index (χ3v) is 10.7. The van der Waals surface area contributed by atoms with Crippen LogP contribution in [0.3, 0.4) is 0 Å². The summed E-state index contributed by atoms with van der Waals surface area (Å²) in [5.74, 6) is 0. The van der Waals surface area contributed by atoms with Crippen LogP contribution in [0, 0.1) is 11.3 Å². The van der Waals surface area contributed by atoms with E-state index in [0.29, 0.717) is 11.4 Å². The van der Waals surface area contributed by atoms with Crippen LogP contribution in [0.25, 0.3) is 66.1 Å². The SMILES string of the molecule is CC(C)(C)c1ccc2c(c1)c1ccccc1n2-c1cc(-c2cc(C(F)(F)F)cc(C(F)(F)F)c2)cc(-n2c3ccccc3c3cc(C(C)(C)C)ccc32)c1C#N. The summed E-state index contributed by atoms with van der Waals surface area (Å²) in [6.07, 6.45) is -10.1. The van der Waals surface area contributed by atoms with Crippen molar-refractivity contribution in [1.82, 2.24) is 9.13 Å². The molecule has 8 aromatic rings. The number of rotatable bonds is 3. The fraction of sp³-hybridized carbons (Fsp3) is 0.213. The molecule has 2 heterocycles. The quantitative estimate of drug-likeness (QED) is 0.165. The van der Waals surface area contributed by atoms with E-state index >= 15 is 0 Å². The molecule has 2 aromatic heterocycles. The van der Waals surface area contributed by atoms with Gasteiger partial charge < -0.3 is 9.13 Å². The van der Waals surface area contributed by atoms with Crippen LogP contribution in [0.15, 0.2) is 115 Å². The number of alkyl halides is 6. The van der Waals surface area contributed by atoms with Gasteiger partial charge in [0.1, 0.15) is 11.6 Å². The number of benzene rings is 6. The first kappa shape index (κ1) is 36.9. The first-order valence-electron chi connectivity index (χ1n) is 18.2. The second kappa shape index (κ2) is 12.5. The van der Waals surface area contributed by atoms with Crippen LogP contribution in [-0.4, -0.2) is 9.13 Å². The van der Waals surface area contributed by atoms with Crippen LogP contribution in [-0.2, 0) is 23.2 Å². The molecular formula is C47H37F6N3. The Hall–Kier alpha value is -6.01. The van der Waals surface area contributed by atoms with Gasteiger partial charge in [0, 0.05) is 21.5 Å². The zero-order chi connectivity index (χ0) is 40.1. The summed E-state index contributed by atoms with van der Waals surface area (Å²) in [5.41, 5.74) is 2.47. The summed E-state index contributed by atoms with van der Waals surface area (Å²) in [6, 6.07) is 34.6. The molecule has 0 amide bonds. The van der Waals surface area contributed by atoms with E-state index in [2.05, 4.69) is 59.7 Å². The van der Waals surface area contributed by atoms with Crippen LogP contribution in [0.5, 0.6) is 0 Å². The zero-order valence-corrected chi connectivity index (χ0v) is 31.6. The molecule has 0 aliphatic rings.